The van der Waals surface area contributed by atoms with E-state index in [0.29, 0.717) is 0 Å². The van der Waals surface area contributed by atoms with E-state index in [1.54, 1.807) is 0 Å². The summed E-state index contributed by atoms with van der Waals surface area (Å²) in [7, 11) is 1.45. The van der Waals surface area contributed by atoms with Gasteiger partial charge in [-0.05, 0) is 5.56 Å². The molecule has 0 amide bonds. The van der Waals surface area contributed by atoms with Crippen molar-refractivity contribution in [1.29, 1.82) is 5.41 Å². The van der Waals surface area contributed by atoms with Crippen LogP contribution in [0.5, 0.6) is 0 Å². The summed E-state index contributed by atoms with van der Waals surface area (Å²) in [6.07, 6.45) is 0. The largest absolute Gasteiger partial charge is 0.483 e. The highest BCUT2D eigenvalue weighted by Crippen LogP contribution is 2.10. The van der Waals surface area contributed by atoms with Gasteiger partial charge < -0.3 is 10.5 Å². The molecule has 0 fully saturated rings. The van der Waals surface area contributed by atoms with Crippen molar-refractivity contribution in [3.63, 3.8) is 0 Å². The first-order valence-electron chi connectivity index (χ1n) is 3.68. The highest BCUT2D eigenvalue weighted by molar-refractivity contribution is 5.79. The Balaban J connectivity index is 2.78. The van der Waals surface area contributed by atoms with Gasteiger partial charge in [0.25, 0.3) is 0 Å². The van der Waals surface area contributed by atoms with Crippen LogP contribution < -0.4 is 5.73 Å². The molecule has 3 heteroatoms. The minimum Gasteiger partial charge on any atom is -0.483 e. The van der Waals surface area contributed by atoms with Gasteiger partial charge >= 0.3 is 0 Å². The van der Waals surface area contributed by atoms with E-state index in [-0.39, 0.29) is 5.90 Å². The number of nitrogens with two attached hydrogens (primary N) is 1. The Bertz CT molecular complexity index is 258. The molecule has 0 bridgehead atoms. The van der Waals surface area contributed by atoms with Gasteiger partial charge in [0.05, 0.1) is 7.11 Å². The molecule has 0 heterocycles. The van der Waals surface area contributed by atoms with Crippen LogP contribution in [0.25, 0.3) is 0 Å². The number of methoxy groups -OCH3 is 1. The van der Waals surface area contributed by atoms with Gasteiger partial charge in [-0.3, -0.25) is 5.41 Å². The monoisotopic (exact) mass is 164 g/mol. The molecule has 1 aromatic rings. The average molecular weight is 164 g/mol. The SMILES string of the molecule is COC(=N)C(N)c1ccccc1. The van der Waals surface area contributed by atoms with E-state index >= 15 is 0 Å². The molecule has 0 radical (unpaired) electrons. The minimum absolute atomic E-state index is 0.0844. The van der Waals surface area contributed by atoms with Crippen LogP contribution in [0.4, 0.5) is 0 Å². The molecular weight excluding hydrogens is 152 g/mol. The maximum Gasteiger partial charge on any atom is 0.202 e. The molecule has 3 nitrogen and oxygen atoms in total. The maximum absolute atomic E-state index is 7.33. The van der Waals surface area contributed by atoms with Crippen LogP contribution in [0, 0.1) is 5.41 Å². The zero-order valence-corrected chi connectivity index (χ0v) is 6.95. The Morgan fingerprint density at radius 2 is 2.00 bits per heavy atom. The first-order valence-corrected chi connectivity index (χ1v) is 3.68. The van der Waals surface area contributed by atoms with E-state index in [4.69, 9.17) is 15.9 Å². The first-order chi connectivity index (χ1) is 5.75. The smallest absolute Gasteiger partial charge is 0.202 e. The summed E-state index contributed by atoms with van der Waals surface area (Å²) < 4.78 is 4.72. The van der Waals surface area contributed by atoms with E-state index in [1.165, 1.54) is 7.11 Å². The van der Waals surface area contributed by atoms with E-state index in [2.05, 4.69) is 0 Å². The van der Waals surface area contributed by atoms with Crippen LogP contribution in [0.15, 0.2) is 30.3 Å². The van der Waals surface area contributed by atoms with E-state index in [9.17, 15) is 0 Å². The Morgan fingerprint density at radius 1 is 1.42 bits per heavy atom. The van der Waals surface area contributed by atoms with Crippen molar-refractivity contribution in [1.82, 2.24) is 0 Å². The number of ether oxygens (including phenoxy) is 1. The molecule has 0 spiro atoms. The van der Waals surface area contributed by atoms with Crippen molar-refractivity contribution in [3.05, 3.63) is 35.9 Å². The lowest BCUT2D eigenvalue weighted by Gasteiger charge is -2.11. The van der Waals surface area contributed by atoms with Crippen molar-refractivity contribution < 1.29 is 4.74 Å². The second-order valence-electron chi connectivity index (χ2n) is 2.46. The van der Waals surface area contributed by atoms with Gasteiger partial charge in [0.15, 0.2) is 0 Å². The molecule has 3 N–H and O–H groups in total. The fourth-order valence-electron chi connectivity index (χ4n) is 0.939. The summed E-state index contributed by atoms with van der Waals surface area (Å²) in [6, 6.07) is 8.98. The summed E-state index contributed by atoms with van der Waals surface area (Å²) in [5.74, 6) is 0.0844. The van der Waals surface area contributed by atoms with E-state index < -0.39 is 6.04 Å². The van der Waals surface area contributed by atoms with Gasteiger partial charge in [0, 0.05) is 0 Å². The molecule has 0 aromatic heterocycles. The molecule has 12 heavy (non-hydrogen) atoms. The second-order valence-corrected chi connectivity index (χ2v) is 2.46. The molecule has 1 unspecified atom stereocenters. The zero-order valence-electron chi connectivity index (χ0n) is 6.95. The highest BCUT2D eigenvalue weighted by Gasteiger charge is 2.10. The average Bonchev–Trinajstić information content (AvgIpc) is 2.17. The topological polar surface area (TPSA) is 59.1 Å². The molecule has 0 aliphatic heterocycles. The van der Waals surface area contributed by atoms with Crippen molar-refractivity contribution in [2.45, 2.75) is 6.04 Å². The third kappa shape index (κ3) is 1.83. The number of hydrogen-bond donors (Lipinski definition) is 2. The number of hydrogen-bond acceptors (Lipinski definition) is 3. The summed E-state index contributed by atoms with van der Waals surface area (Å²) in [5.41, 5.74) is 6.59. The van der Waals surface area contributed by atoms with E-state index in [1.807, 2.05) is 30.3 Å². The van der Waals surface area contributed by atoms with Gasteiger partial charge in [-0.25, -0.2) is 0 Å². The standard InChI is InChI=1S/C9H12N2O/c1-12-9(11)8(10)7-5-3-2-4-6-7/h2-6,8,11H,10H2,1H3. The molecule has 64 valence electrons. The van der Waals surface area contributed by atoms with Crippen LogP contribution >= 0.6 is 0 Å². The third-order valence-corrected chi connectivity index (χ3v) is 1.66. The minimum atomic E-state index is -0.448. The Labute approximate surface area is 71.7 Å². The van der Waals surface area contributed by atoms with Crippen LogP contribution in [-0.2, 0) is 4.74 Å². The predicted molar refractivity (Wildman–Crippen MR) is 48.1 cm³/mol. The fourth-order valence-corrected chi connectivity index (χ4v) is 0.939. The fraction of sp³-hybridized carbons (Fsp3) is 0.222. The Kier molecular flexibility index (Phi) is 2.82. The number of nitrogens with one attached hydrogen (secondary N) is 1. The molecule has 1 rings (SSSR count). The zero-order chi connectivity index (χ0) is 8.97. The Hall–Kier alpha value is -1.35. The van der Waals surface area contributed by atoms with Gasteiger partial charge in [0.2, 0.25) is 5.90 Å². The van der Waals surface area contributed by atoms with Crippen molar-refractivity contribution in [2.75, 3.05) is 7.11 Å². The maximum atomic E-state index is 7.33. The van der Waals surface area contributed by atoms with Gasteiger partial charge in [-0.1, -0.05) is 30.3 Å². The van der Waals surface area contributed by atoms with Crippen LogP contribution in [0.3, 0.4) is 0 Å². The van der Waals surface area contributed by atoms with Gasteiger partial charge in [-0.2, -0.15) is 0 Å². The summed E-state index contributed by atoms with van der Waals surface area (Å²) in [5, 5.41) is 7.33. The molecule has 0 saturated carbocycles. The normalized spacial score (nSPS) is 12.2. The predicted octanol–water partition coefficient (Wildman–Crippen LogP) is 1.31. The van der Waals surface area contributed by atoms with Gasteiger partial charge in [0.1, 0.15) is 6.04 Å². The lowest BCUT2D eigenvalue weighted by atomic mass is 10.1. The van der Waals surface area contributed by atoms with Crippen molar-refractivity contribution in [2.24, 2.45) is 5.73 Å². The lowest BCUT2D eigenvalue weighted by molar-refractivity contribution is 0.378. The third-order valence-electron chi connectivity index (χ3n) is 1.66. The number of rotatable bonds is 2. The van der Waals surface area contributed by atoms with Crippen molar-refractivity contribution in [3.8, 4) is 0 Å². The first kappa shape index (κ1) is 8.74. The quantitative estimate of drug-likeness (QED) is 0.511. The van der Waals surface area contributed by atoms with Gasteiger partial charge in [-0.15, -0.1) is 0 Å². The highest BCUT2D eigenvalue weighted by atomic mass is 16.5. The molecule has 1 aromatic carbocycles. The van der Waals surface area contributed by atoms with Crippen molar-refractivity contribution >= 4 is 5.90 Å². The molecular formula is C9H12N2O. The number of benzene rings is 1. The van der Waals surface area contributed by atoms with Crippen LogP contribution in [0.2, 0.25) is 0 Å². The summed E-state index contributed by atoms with van der Waals surface area (Å²) in [4.78, 5) is 0. The molecule has 0 aliphatic carbocycles. The molecule has 0 aliphatic rings. The van der Waals surface area contributed by atoms with Crippen LogP contribution in [-0.4, -0.2) is 13.0 Å². The second kappa shape index (κ2) is 3.88. The Morgan fingerprint density at radius 3 is 2.50 bits per heavy atom. The molecule has 0 saturated heterocycles. The van der Waals surface area contributed by atoms with Crippen LogP contribution in [0.1, 0.15) is 11.6 Å². The van der Waals surface area contributed by atoms with E-state index in [0.717, 1.165) is 5.56 Å². The summed E-state index contributed by atoms with van der Waals surface area (Å²) >= 11 is 0. The summed E-state index contributed by atoms with van der Waals surface area (Å²) in [6.45, 7) is 0. The molecule has 1 atom stereocenters. The lowest BCUT2D eigenvalue weighted by Crippen LogP contribution is -2.21.